The van der Waals surface area contributed by atoms with Crippen molar-refractivity contribution >= 4 is 5.97 Å². The van der Waals surface area contributed by atoms with E-state index < -0.39 is 17.2 Å². The Balaban J connectivity index is 3.39. The van der Waals surface area contributed by atoms with Gasteiger partial charge < -0.3 is 19.0 Å². The molecular weight excluding hydrogens is 192 g/mol. The van der Waals surface area contributed by atoms with Gasteiger partial charge in [0, 0.05) is 6.07 Å². The Morgan fingerprint density at radius 3 is 2.50 bits per heavy atom. The summed E-state index contributed by atoms with van der Waals surface area (Å²) in [6, 6.07) is 0.823. The van der Waals surface area contributed by atoms with Crippen LogP contribution in [0, 0.1) is 0 Å². The summed E-state index contributed by atoms with van der Waals surface area (Å²) in [5, 5.41) is 8.56. The maximum Gasteiger partial charge on any atom is 0.372 e. The molecule has 1 aromatic rings. The molecule has 0 aliphatic carbocycles. The Morgan fingerprint density at radius 2 is 2.07 bits per heavy atom. The molecule has 1 aromatic heterocycles. The molecule has 0 fully saturated rings. The Kier molecular flexibility index (Phi) is 2.76. The zero-order valence-corrected chi connectivity index (χ0v) is 7.57. The Bertz CT molecular complexity index is 405. The second kappa shape index (κ2) is 3.82. The number of carbonyl (C=O) groups is 1. The smallest absolute Gasteiger partial charge is 0.372 e. The van der Waals surface area contributed by atoms with E-state index in [1.54, 1.807) is 0 Å². The maximum absolute atomic E-state index is 11.2. The first-order chi connectivity index (χ1) is 6.60. The van der Waals surface area contributed by atoms with Gasteiger partial charge in [0.05, 0.1) is 14.2 Å². The van der Waals surface area contributed by atoms with Crippen LogP contribution in [0.2, 0.25) is 0 Å². The average molecular weight is 200 g/mol. The first kappa shape index (κ1) is 10.1. The highest BCUT2D eigenvalue weighted by atomic mass is 16.6. The molecule has 0 radical (unpaired) electrons. The number of hydrogen-bond acceptors (Lipinski definition) is 5. The van der Waals surface area contributed by atoms with Crippen LogP contribution < -0.4 is 14.9 Å². The van der Waals surface area contributed by atoms with Gasteiger partial charge in [-0.2, -0.15) is 0 Å². The van der Waals surface area contributed by atoms with Crippen molar-refractivity contribution in [1.29, 1.82) is 0 Å². The van der Waals surface area contributed by atoms with Crippen molar-refractivity contribution in [1.82, 2.24) is 0 Å². The molecule has 14 heavy (non-hydrogen) atoms. The molecule has 6 nitrogen and oxygen atoms in total. The number of ether oxygens (including phenoxy) is 2. The van der Waals surface area contributed by atoms with E-state index in [0.717, 1.165) is 6.07 Å². The van der Waals surface area contributed by atoms with E-state index >= 15 is 0 Å². The van der Waals surface area contributed by atoms with Crippen LogP contribution in [0.5, 0.6) is 11.7 Å². The number of methoxy groups -OCH3 is 2. The SMILES string of the molecule is COc1oc(C(=O)O)cc(=O)c1OC. The number of aromatic carboxylic acids is 1. The zero-order valence-electron chi connectivity index (χ0n) is 7.57. The van der Waals surface area contributed by atoms with Gasteiger partial charge in [-0.05, 0) is 0 Å². The minimum absolute atomic E-state index is 0.155. The first-order valence-electron chi connectivity index (χ1n) is 3.59. The van der Waals surface area contributed by atoms with Crippen LogP contribution in [0.3, 0.4) is 0 Å². The Hall–Kier alpha value is -1.98. The highest BCUT2D eigenvalue weighted by Crippen LogP contribution is 2.22. The normalized spacial score (nSPS) is 9.57. The van der Waals surface area contributed by atoms with Crippen molar-refractivity contribution < 1.29 is 23.8 Å². The molecule has 0 spiro atoms. The fourth-order valence-electron chi connectivity index (χ4n) is 0.885. The Labute approximate surface area is 78.7 Å². The molecule has 1 rings (SSSR count). The lowest BCUT2D eigenvalue weighted by Gasteiger charge is -2.04. The predicted octanol–water partition coefficient (Wildman–Crippen LogP) is 0.355. The molecule has 0 aliphatic heterocycles. The van der Waals surface area contributed by atoms with Crippen LogP contribution in [-0.2, 0) is 0 Å². The van der Waals surface area contributed by atoms with Crippen LogP contribution in [0.25, 0.3) is 0 Å². The van der Waals surface area contributed by atoms with Crippen molar-refractivity contribution in [2.45, 2.75) is 0 Å². The number of carboxylic acids is 1. The van der Waals surface area contributed by atoms with Crippen LogP contribution in [0.1, 0.15) is 10.6 Å². The summed E-state index contributed by atoms with van der Waals surface area (Å²) in [6.07, 6.45) is 0. The van der Waals surface area contributed by atoms with Gasteiger partial charge in [0.1, 0.15) is 0 Å². The second-order valence-corrected chi connectivity index (χ2v) is 2.30. The summed E-state index contributed by atoms with van der Waals surface area (Å²) in [4.78, 5) is 21.7. The molecule has 0 amide bonds. The van der Waals surface area contributed by atoms with Gasteiger partial charge in [0.25, 0.3) is 0 Å². The van der Waals surface area contributed by atoms with Crippen molar-refractivity contribution in [2.75, 3.05) is 14.2 Å². The molecular formula is C8H8O6. The highest BCUT2D eigenvalue weighted by molar-refractivity contribution is 5.84. The topological polar surface area (TPSA) is 86.0 Å². The number of hydrogen-bond donors (Lipinski definition) is 1. The maximum atomic E-state index is 11.2. The molecule has 0 atom stereocenters. The molecule has 1 heterocycles. The van der Waals surface area contributed by atoms with E-state index in [4.69, 9.17) is 9.52 Å². The standard InChI is InChI=1S/C8H8O6/c1-12-6-4(9)3-5(7(10)11)14-8(6)13-2/h3H,1-2H3,(H,10,11). The van der Waals surface area contributed by atoms with E-state index in [0.29, 0.717) is 0 Å². The third kappa shape index (κ3) is 1.68. The van der Waals surface area contributed by atoms with Gasteiger partial charge in [-0.3, -0.25) is 4.79 Å². The lowest BCUT2D eigenvalue weighted by Crippen LogP contribution is -2.10. The lowest BCUT2D eigenvalue weighted by atomic mass is 10.3. The summed E-state index contributed by atoms with van der Waals surface area (Å²) >= 11 is 0. The van der Waals surface area contributed by atoms with Crippen molar-refractivity contribution in [2.24, 2.45) is 0 Å². The monoisotopic (exact) mass is 200 g/mol. The summed E-state index contributed by atoms with van der Waals surface area (Å²) in [6.45, 7) is 0. The fourth-order valence-corrected chi connectivity index (χ4v) is 0.885. The van der Waals surface area contributed by atoms with E-state index in [1.165, 1.54) is 14.2 Å². The van der Waals surface area contributed by atoms with E-state index in [-0.39, 0.29) is 11.7 Å². The molecule has 1 N–H and O–H groups in total. The molecule has 0 saturated heterocycles. The molecule has 0 bridgehead atoms. The lowest BCUT2D eigenvalue weighted by molar-refractivity contribution is 0.0649. The van der Waals surface area contributed by atoms with E-state index in [9.17, 15) is 9.59 Å². The summed E-state index contributed by atoms with van der Waals surface area (Å²) in [5.41, 5.74) is -0.604. The third-order valence-electron chi connectivity index (χ3n) is 1.47. The van der Waals surface area contributed by atoms with Gasteiger partial charge in [0.15, 0.2) is 0 Å². The van der Waals surface area contributed by atoms with Crippen molar-refractivity contribution in [3.8, 4) is 11.7 Å². The zero-order chi connectivity index (χ0) is 10.7. The number of carboxylic acid groups (broad SMARTS) is 1. The van der Waals surface area contributed by atoms with Crippen molar-refractivity contribution in [3.05, 3.63) is 22.0 Å². The molecule has 76 valence electrons. The molecule has 6 heteroatoms. The van der Waals surface area contributed by atoms with Crippen LogP contribution >= 0.6 is 0 Å². The molecule has 0 aromatic carbocycles. The van der Waals surface area contributed by atoms with E-state index in [1.807, 2.05) is 0 Å². The second-order valence-electron chi connectivity index (χ2n) is 2.30. The van der Waals surface area contributed by atoms with Gasteiger partial charge in [-0.25, -0.2) is 4.79 Å². The summed E-state index contributed by atoms with van der Waals surface area (Å²) in [5.74, 6) is -2.24. The quantitative estimate of drug-likeness (QED) is 0.757. The van der Waals surface area contributed by atoms with Crippen molar-refractivity contribution in [3.63, 3.8) is 0 Å². The third-order valence-corrected chi connectivity index (χ3v) is 1.47. The number of rotatable bonds is 3. The molecule has 0 saturated carbocycles. The van der Waals surface area contributed by atoms with Gasteiger partial charge >= 0.3 is 11.9 Å². The highest BCUT2D eigenvalue weighted by Gasteiger charge is 2.16. The molecule has 0 aliphatic rings. The average Bonchev–Trinajstić information content (AvgIpc) is 2.16. The fraction of sp³-hybridized carbons (Fsp3) is 0.250. The van der Waals surface area contributed by atoms with Gasteiger partial charge in [-0.1, -0.05) is 0 Å². The van der Waals surface area contributed by atoms with E-state index in [2.05, 4.69) is 9.47 Å². The van der Waals surface area contributed by atoms with Crippen LogP contribution in [0.4, 0.5) is 0 Å². The largest absolute Gasteiger partial charge is 0.487 e. The first-order valence-corrected chi connectivity index (χ1v) is 3.59. The van der Waals surface area contributed by atoms with Gasteiger partial charge in [-0.15, -0.1) is 0 Å². The summed E-state index contributed by atoms with van der Waals surface area (Å²) < 4.78 is 14.1. The van der Waals surface area contributed by atoms with Crippen LogP contribution in [0.15, 0.2) is 15.3 Å². The van der Waals surface area contributed by atoms with Gasteiger partial charge in [0.2, 0.25) is 16.9 Å². The minimum Gasteiger partial charge on any atom is -0.487 e. The predicted molar refractivity (Wildman–Crippen MR) is 45.0 cm³/mol. The van der Waals surface area contributed by atoms with Crippen LogP contribution in [-0.4, -0.2) is 25.3 Å². The Morgan fingerprint density at radius 1 is 1.43 bits per heavy atom. The summed E-state index contributed by atoms with van der Waals surface area (Å²) in [7, 11) is 2.50. The molecule has 0 unspecified atom stereocenters. The minimum atomic E-state index is -1.34.